The van der Waals surface area contributed by atoms with E-state index in [1.807, 2.05) is 6.92 Å². The summed E-state index contributed by atoms with van der Waals surface area (Å²) >= 11 is 0. The highest BCUT2D eigenvalue weighted by Gasteiger charge is 2.16. The number of rotatable bonds is 5. The van der Waals surface area contributed by atoms with Gasteiger partial charge in [0.2, 0.25) is 0 Å². The maximum atomic E-state index is 11.8. The molecule has 0 aromatic carbocycles. The Hall–Kier alpha value is -1.60. The maximum Gasteiger partial charge on any atom is 0.258 e. The van der Waals surface area contributed by atoms with E-state index in [0.717, 1.165) is 0 Å². The molecule has 0 fully saturated rings. The van der Waals surface area contributed by atoms with Crippen LogP contribution in [0.15, 0.2) is 34.0 Å². The minimum atomic E-state index is -3.55. The third kappa shape index (κ3) is 2.75. The van der Waals surface area contributed by atoms with Crippen LogP contribution in [0, 0.1) is 0 Å². The highest BCUT2D eigenvalue weighted by molar-refractivity contribution is 7.89. The molecule has 0 unspecified atom stereocenters. The van der Waals surface area contributed by atoms with Crippen LogP contribution in [0.25, 0.3) is 0 Å². The second kappa shape index (κ2) is 4.72. The molecule has 0 bridgehead atoms. The van der Waals surface area contributed by atoms with Gasteiger partial charge in [-0.1, -0.05) is 6.92 Å². The maximum absolute atomic E-state index is 11.8. The summed E-state index contributed by atoms with van der Waals surface area (Å²) in [6.45, 7) is 2.02. The number of hydrogen-bond acceptors (Lipinski definition) is 4. The van der Waals surface area contributed by atoms with Crippen LogP contribution in [0.2, 0.25) is 0 Å². The Kier molecular flexibility index (Phi) is 3.30. The van der Waals surface area contributed by atoms with Crippen molar-refractivity contribution in [3.05, 3.63) is 36.2 Å². The second-order valence-electron chi connectivity index (χ2n) is 3.45. The lowest BCUT2D eigenvalue weighted by Crippen LogP contribution is -2.23. The second-order valence-corrected chi connectivity index (χ2v) is 5.19. The monoisotopic (exact) mass is 255 g/mol. The van der Waals surface area contributed by atoms with Crippen molar-refractivity contribution >= 4 is 10.0 Å². The number of sulfonamides is 1. The first kappa shape index (κ1) is 11.9. The number of aromatic amines is 1. The number of aromatic nitrogens is 2. The lowest BCUT2D eigenvalue weighted by atomic mass is 10.5. The first-order valence-electron chi connectivity index (χ1n) is 5.17. The van der Waals surface area contributed by atoms with E-state index < -0.39 is 10.0 Å². The van der Waals surface area contributed by atoms with Crippen molar-refractivity contribution in [3.8, 4) is 0 Å². The minimum Gasteiger partial charge on any atom is -0.468 e. The number of nitrogens with zero attached hydrogens (tertiary/aromatic N) is 1. The zero-order valence-electron chi connectivity index (χ0n) is 9.30. The van der Waals surface area contributed by atoms with Crippen LogP contribution in [-0.2, 0) is 23.0 Å². The molecule has 0 aliphatic carbocycles. The summed E-state index contributed by atoms with van der Waals surface area (Å²) in [4.78, 5) is 6.69. The van der Waals surface area contributed by atoms with Crippen molar-refractivity contribution in [1.29, 1.82) is 0 Å². The predicted molar refractivity (Wildman–Crippen MR) is 60.7 cm³/mol. The Morgan fingerprint density at radius 2 is 2.35 bits per heavy atom. The summed E-state index contributed by atoms with van der Waals surface area (Å²) in [5.74, 6) is 1.20. The van der Waals surface area contributed by atoms with Gasteiger partial charge in [-0.15, -0.1) is 0 Å². The summed E-state index contributed by atoms with van der Waals surface area (Å²) in [6.07, 6.45) is 3.46. The first-order valence-corrected chi connectivity index (χ1v) is 6.66. The predicted octanol–water partition coefficient (Wildman–Crippen LogP) is 1.04. The zero-order chi connectivity index (χ0) is 12.3. The fraction of sp³-hybridized carbons (Fsp3) is 0.300. The van der Waals surface area contributed by atoms with E-state index in [2.05, 4.69) is 14.7 Å². The van der Waals surface area contributed by atoms with Gasteiger partial charge in [-0.05, 0) is 12.1 Å². The van der Waals surface area contributed by atoms with Crippen LogP contribution in [0.1, 0.15) is 18.5 Å². The lowest BCUT2D eigenvalue weighted by molar-refractivity contribution is 0.498. The number of H-pyrrole nitrogens is 1. The molecule has 0 aliphatic heterocycles. The van der Waals surface area contributed by atoms with E-state index in [0.29, 0.717) is 18.0 Å². The van der Waals surface area contributed by atoms with Crippen LogP contribution in [0.4, 0.5) is 0 Å². The Balaban J connectivity index is 2.08. The van der Waals surface area contributed by atoms with Gasteiger partial charge in [0.05, 0.1) is 19.0 Å². The molecule has 0 saturated carbocycles. The standard InChI is InChI=1S/C10H13N3O3S/c1-2-9-11-7-10(13-9)17(14,15)12-6-8-4-3-5-16-8/h3-5,7,12H,2,6H2,1H3,(H,11,13). The molecule has 2 rings (SSSR count). The molecule has 7 heteroatoms. The van der Waals surface area contributed by atoms with E-state index >= 15 is 0 Å². The molecule has 0 amide bonds. The minimum absolute atomic E-state index is 0.0703. The Morgan fingerprint density at radius 3 is 2.94 bits per heavy atom. The van der Waals surface area contributed by atoms with Gasteiger partial charge in [0, 0.05) is 6.42 Å². The molecule has 0 spiro atoms. The van der Waals surface area contributed by atoms with E-state index in [1.165, 1.54) is 12.5 Å². The van der Waals surface area contributed by atoms with Crippen LogP contribution in [0.3, 0.4) is 0 Å². The van der Waals surface area contributed by atoms with Crippen molar-refractivity contribution in [2.75, 3.05) is 0 Å². The van der Waals surface area contributed by atoms with Crippen molar-refractivity contribution in [3.63, 3.8) is 0 Å². The normalized spacial score (nSPS) is 11.8. The van der Waals surface area contributed by atoms with Gasteiger partial charge in [0.15, 0.2) is 5.03 Å². The molecule has 17 heavy (non-hydrogen) atoms. The molecular weight excluding hydrogens is 242 g/mol. The summed E-state index contributed by atoms with van der Waals surface area (Å²) in [5.41, 5.74) is 0. The van der Waals surface area contributed by atoms with Crippen molar-refractivity contribution in [2.24, 2.45) is 0 Å². The Labute approximate surface area is 99.1 Å². The Bertz CT molecular complexity index is 572. The van der Waals surface area contributed by atoms with E-state index in [4.69, 9.17) is 4.42 Å². The third-order valence-corrected chi connectivity index (χ3v) is 3.56. The number of aryl methyl sites for hydroxylation is 1. The third-order valence-electron chi connectivity index (χ3n) is 2.25. The van der Waals surface area contributed by atoms with Crippen LogP contribution in [-0.4, -0.2) is 18.4 Å². The number of hydrogen-bond donors (Lipinski definition) is 2. The Morgan fingerprint density at radius 1 is 1.53 bits per heavy atom. The van der Waals surface area contributed by atoms with Gasteiger partial charge >= 0.3 is 0 Å². The number of furan rings is 1. The topological polar surface area (TPSA) is 88.0 Å². The van der Waals surface area contributed by atoms with E-state index in [1.54, 1.807) is 12.1 Å². The summed E-state index contributed by atoms with van der Waals surface area (Å²) in [7, 11) is -3.55. The lowest BCUT2D eigenvalue weighted by Gasteiger charge is -2.02. The molecule has 2 heterocycles. The molecule has 0 atom stereocenters. The SMILES string of the molecule is CCc1ncc(S(=O)(=O)NCc2ccco2)[nH]1. The molecule has 2 aromatic rings. The average Bonchev–Trinajstić information content (AvgIpc) is 2.98. The van der Waals surface area contributed by atoms with Crippen LogP contribution >= 0.6 is 0 Å². The molecule has 2 aromatic heterocycles. The van der Waals surface area contributed by atoms with Gasteiger partial charge in [-0.3, -0.25) is 0 Å². The van der Waals surface area contributed by atoms with Gasteiger partial charge in [0.1, 0.15) is 11.6 Å². The summed E-state index contributed by atoms with van der Waals surface area (Å²) < 4.78 is 31.1. The van der Waals surface area contributed by atoms with Crippen LogP contribution < -0.4 is 4.72 Å². The molecule has 92 valence electrons. The first-order chi connectivity index (χ1) is 8.12. The van der Waals surface area contributed by atoms with E-state index in [9.17, 15) is 8.42 Å². The number of imidazole rings is 1. The fourth-order valence-corrected chi connectivity index (χ4v) is 2.25. The molecule has 0 aliphatic rings. The average molecular weight is 255 g/mol. The van der Waals surface area contributed by atoms with Gasteiger partial charge < -0.3 is 9.40 Å². The zero-order valence-corrected chi connectivity index (χ0v) is 10.1. The molecule has 0 saturated heterocycles. The van der Waals surface area contributed by atoms with Gasteiger partial charge in [0.25, 0.3) is 10.0 Å². The molecule has 0 radical (unpaired) electrons. The van der Waals surface area contributed by atoms with Crippen molar-refractivity contribution < 1.29 is 12.8 Å². The number of nitrogens with one attached hydrogen (secondary N) is 2. The van der Waals surface area contributed by atoms with Crippen molar-refractivity contribution in [2.45, 2.75) is 24.9 Å². The fourth-order valence-electron chi connectivity index (χ4n) is 1.32. The summed E-state index contributed by atoms with van der Waals surface area (Å²) in [6, 6.07) is 3.40. The summed E-state index contributed by atoms with van der Waals surface area (Å²) in [5, 5.41) is 0.0703. The largest absolute Gasteiger partial charge is 0.468 e. The van der Waals surface area contributed by atoms with Crippen molar-refractivity contribution in [1.82, 2.24) is 14.7 Å². The van der Waals surface area contributed by atoms with E-state index in [-0.39, 0.29) is 11.6 Å². The smallest absolute Gasteiger partial charge is 0.258 e. The molecule has 6 nitrogen and oxygen atoms in total. The highest BCUT2D eigenvalue weighted by Crippen LogP contribution is 2.07. The van der Waals surface area contributed by atoms with Gasteiger partial charge in [-0.25, -0.2) is 18.1 Å². The molecular formula is C10H13N3O3S. The van der Waals surface area contributed by atoms with Gasteiger partial charge in [-0.2, -0.15) is 0 Å². The molecule has 2 N–H and O–H groups in total. The van der Waals surface area contributed by atoms with Crippen LogP contribution in [0.5, 0.6) is 0 Å². The highest BCUT2D eigenvalue weighted by atomic mass is 32.2. The quantitative estimate of drug-likeness (QED) is 0.835.